The van der Waals surface area contributed by atoms with E-state index >= 15 is 0 Å². The summed E-state index contributed by atoms with van der Waals surface area (Å²) >= 11 is 0. The van der Waals surface area contributed by atoms with Crippen molar-refractivity contribution in [1.82, 2.24) is 10.5 Å². The van der Waals surface area contributed by atoms with Gasteiger partial charge in [-0.15, -0.1) is 0 Å². The quantitative estimate of drug-likeness (QED) is 0.775. The SMILES string of the molecule is Cc1ccccc1CCNC(=O)c1c(-c2ccccc2)noc1C. The Labute approximate surface area is 141 Å². The maximum Gasteiger partial charge on any atom is 0.257 e. The Bertz CT molecular complexity index is 838. The largest absolute Gasteiger partial charge is 0.360 e. The zero-order valence-electron chi connectivity index (χ0n) is 13.9. The highest BCUT2D eigenvalue weighted by molar-refractivity contribution is 6.00. The van der Waals surface area contributed by atoms with E-state index in [1.165, 1.54) is 11.1 Å². The minimum atomic E-state index is -0.152. The molecule has 0 saturated heterocycles. The summed E-state index contributed by atoms with van der Waals surface area (Å²) in [7, 11) is 0. The van der Waals surface area contributed by atoms with Crippen molar-refractivity contribution in [1.29, 1.82) is 0 Å². The summed E-state index contributed by atoms with van der Waals surface area (Å²) < 4.78 is 5.24. The fourth-order valence-corrected chi connectivity index (χ4v) is 2.72. The van der Waals surface area contributed by atoms with E-state index in [1.807, 2.05) is 42.5 Å². The molecule has 4 heteroatoms. The van der Waals surface area contributed by atoms with Gasteiger partial charge in [-0.2, -0.15) is 0 Å². The van der Waals surface area contributed by atoms with Crippen LogP contribution in [0.4, 0.5) is 0 Å². The summed E-state index contributed by atoms with van der Waals surface area (Å²) in [4.78, 5) is 12.6. The Morgan fingerprint density at radius 3 is 2.50 bits per heavy atom. The number of nitrogens with one attached hydrogen (secondary N) is 1. The van der Waals surface area contributed by atoms with Gasteiger partial charge in [-0.05, 0) is 31.4 Å². The van der Waals surface area contributed by atoms with Crippen molar-refractivity contribution >= 4 is 5.91 Å². The number of rotatable bonds is 5. The molecule has 3 rings (SSSR count). The third-order valence-electron chi connectivity index (χ3n) is 4.08. The number of benzene rings is 2. The molecule has 3 aromatic rings. The highest BCUT2D eigenvalue weighted by Gasteiger charge is 2.21. The lowest BCUT2D eigenvalue weighted by Crippen LogP contribution is -2.26. The Morgan fingerprint density at radius 2 is 1.75 bits per heavy atom. The van der Waals surface area contributed by atoms with E-state index in [1.54, 1.807) is 6.92 Å². The van der Waals surface area contributed by atoms with Crippen molar-refractivity contribution in [3.8, 4) is 11.3 Å². The van der Waals surface area contributed by atoms with Crippen molar-refractivity contribution in [3.63, 3.8) is 0 Å². The molecule has 0 spiro atoms. The lowest BCUT2D eigenvalue weighted by atomic mass is 10.0. The third kappa shape index (κ3) is 3.38. The average Bonchev–Trinajstić information content (AvgIpc) is 2.99. The number of hydrogen-bond acceptors (Lipinski definition) is 3. The Hall–Kier alpha value is -2.88. The molecule has 4 nitrogen and oxygen atoms in total. The van der Waals surface area contributed by atoms with E-state index < -0.39 is 0 Å². The number of amides is 1. The first-order chi connectivity index (χ1) is 11.7. The van der Waals surface area contributed by atoms with E-state index in [-0.39, 0.29) is 5.91 Å². The molecule has 1 heterocycles. The van der Waals surface area contributed by atoms with Gasteiger partial charge < -0.3 is 9.84 Å². The van der Waals surface area contributed by atoms with Gasteiger partial charge in [-0.25, -0.2) is 0 Å². The van der Waals surface area contributed by atoms with Gasteiger partial charge in [0.05, 0.1) is 0 Å². The zero-order valence-corrected chi connectivity index (χ0v) is 13.9. The Kier molecular flexibility index (Phi) is 4.75. The molecule has 122 valence electrons. The molecule has 0 unspecified atom stereocenters. The molecule has 1 aromatic heterocycles. The molecule has 0 aliphatic heterocycles. The minimum Gasteiger partial charge on any atom is -0.360 e. The van der Waals surface area contributed by atoms with E-state index in [2.05, 4.69) is 29.5 Å². The smallest absolute Gasteiger partial charge is 0.257 e. The molecule has 24 heavy (non-hydrogen) atoms. The first-order valence-corrected chi connectivity index (χ1v) is 8.01. The topological polar surface area (TPSA) is 55.1 Å². The van der Waals surface area contributed by atoms with Gasteiger partial charge >= 0.3 is 0 Å². The highest BCUT2D eigenvalue weighted by Crippen LogP contribution is 2.24. The molecule has 1 amide bonds. The number of aromatic nitrogens is 1. The van der Waals surface area contributed by atoms with Crippen molar-refractivity contribution < 1.29 is 9.32 Å². The fraction of sp³-hybridized carbons (Fsp3) is 0.200. The number of hydrogen-bond donors (Lipinski definition) is 1. The number of carbonyl (C=O) groups is 1. The summed E-state index contributed by atoms with van der Waals surface area (Å²) in [5, 5.41) is 7.02. The van der Waals surface area contributed by atoms with E-state index in [9.17, 15) is 4.79 Å². The van der Waals surface area contributed by atoms with Gasteiger partial charge in [0.1, 0.15) is 17.0 Å². The second-order valence-electron chi connectivity index (χ2n) is 5.76. The second kappa shape index (κ2) is 7.13. The van der Waals surface area contributed by atoms with Crippen LogP contribution in [0.15, 0.2) is 59.1 Å². The predicted molar refractivity (Wildman–Crippen MR) is 93.9 cm³/mol. The fourth-order valence-electron chi connectivity index (χ4n) is 2.72. The molecule has 0 bridgehead atoms. The van der Waals surface area contributed by atoms with Crippen LogP contribution in [0.2, 0.25) is 0 Å². The minimum absolute atomic E-state index is 0.152. The monoisotopic (exact) mass is 320 g/mol. The predicted octanol–water partition coefficient (Wildman–Crippen LogP) is 3.93. The maximum atomic E-state index is 12.6. The lowest BCUT2D eigenvalue weighted by molar-refractivity contribution is 0.0953. The summed E-state index contributed by atoms with van der Waals surface area (Å²) in [6.45, 7) is 4.41. The van der Waals surface area contributed by atoms with E-state index in [0.717, 1.165) is 12.0 Å². The van der Waals surface area contributed by atoms with Crippen LogP contribution in [0, 0.1) is 13.8 Å². The molecular formula is C20H20N2O2. The van der Waals surface area contributed by atoms with Crippen LogP contribution >= 0.6 is 0 Å². The van der Waals surface area contributed by atoms with Crippen molar-refractivity contribution in [2.75, 3.05) is 6.54 Å². The zero-order chi connectivity index (χ0) is 16.9. The van der Waals surface area contributed by atoms with Gasteiger partial charge in [-0.3, -0.25) is 4.79 Å². The molecule has 0 fully saturated rings. The number of carbonyl (C=O) groups excluding carboxylic acids is 1. The van der Waals surface area contributed by atoms with Crippen LogP contribution in [0.25, 0.3) is 11.3 Å². The second-order valence-corrected chi connectivity index (χ2v) is 5.76. The summed E-state index contributed by atoms with van der Waals surface area (Å²) in [5.41, 5.74) is 4.44. The van der Waals surface area contributed by atoms with Gasteiger partial charge in [0.2, 0.25) is 0 Å². The summed E-state index contributed by atoms with van der Waals surface area (Å²) in [6, 6.07) is 17.8. The Balaban J connectivity index is 1.72. The molecule has 0 saturated carbocycles. The van der Waals surface area contributed by atoms with Gasteiger partial charge in [0, 0.05) is 12.1 Å². The first-order valence-electron chi connectivity index (χ1n) is 8.01. The van der Waals surface area contributed by atoms with Crippen molar-refractivity contribution in [2.45, 2.75) is 20.3 Å². The third-order valence-corrected chi connectivity index (χ3v) is 4.08. The maximum absolute atomic E-state index is 12.6. The van der Waals surface area contributed by atoms with Crippen molar-refractivity contribution in [3.05, 3.63) is 77.0 Å². The highest BCUT2D eigenvalue weighted by atomic mass is 16.5. The van der Waals surface area contributed by atoms with Crippen LogP contribution in [-0.2, 0) is 6.42 Å². The van der Waals surface area contributed by atoms with Crippen molar-refractivity contribution in [2.24, 2.45) is 0 Å². The van der Waals surface area contributed by atoms with Crippen LogP contribution < -0.4 is 5.32 Å². The average molecular weight is 320 g/mol. The lowest BCUT2D eigenvalue weighted by Gasteiger charge is -2.08. The molecule has 0 aliphatic rings. The molecular weight excluding hydrogens is 300 g/mol. The first kappa shape index (κ1) is 16.0. The van der Waals surface area contributed by atoms with Gasteiger partial charge in [-0.1, -0.05) is 59.8 Å². The van der Waals surface area contributed by atoms with Crippen LogP contribution in [0.1, 0.15) is 27.2 Å². The molecule has 2 aromatic carbocycles. The number of aryl methyl sites for hydroxylation is 2. The van der Waals surface area contributed by atoms with Gasteiger partial charge in [0.25, 0.3) is 5.91 Å². The van der Waals surface area contributed by atoms with Crippen LogP contribution in [0.5, 0.6) is 0 Å². The van der Waals surface area contributed by atoms with Crippen LogP contribution in [-0.4, -0.2) is 17.6 Å². The molecule has 0 atom stereocenters. The molecule has 1 N–H and O–H groups in total. The molecule has 0 aliphatic carbocycles. The van der Waals surface area contributed by atoms with Gasteiger partial charge in [0.15, 0.2) is 0 Å². The van der Waals surface area contributed by atoms with E-state index in [4.69, 9.17) is 4.52 Å². The Morgan fingerprint density at radius 1 is 1.04 bits per heavy atom. The normalized spacial score (nSPS) is 10.6. The summed E-state index contributed by atoms with van der Waals surface area (Å²) in [5.74, 6) is 0.378. The van der Waals surface area contributed by atoms with Crippen LogP contribution in [0.3, 0.4) is 0 Å². The van der Waals surface area contributed by atoms with E-state index in [0.29, 0.717) is 23.6 Å². The molecule has 0 radical (unpaired) electrons. The summed E-state index contributed by atoms with van der Waals surface area (Å²) in [6.07, 6.45) is 0.795. The number of nitrogens with zero attached hydrogens (tertiary/aromatic N) is 1. The standard InChI is InChI=1S/C20H20N2O2/c1-14-8-6-7-9-16(14)12-13-21-20(23)18-15(2)24-22-19(18)17-10-4-3-5-11-17/h3-11H,12-13H2,1-2H3,(H,21,23).